The van der Waals surface area contributed by atoms with Crippen molar-refractivity contribution in [2.24, 2.45) is 0 Å². The number of amides is 1. The minimum atomic E-state index is -0.214. The van der Waals surface area contributed by atoms with E-state index in [0.717, 1.165) is 43.8 Å². The molecule has 126 valence electrons. The number of nitrogens with zero attached hydrogens (tertiary/aromatic N) is 3. The minimum absolute atomic E-state index is 0.101. The second kappa shape index (κ2) is 7.59. The summed E-state index contributed by atoms with van der Waals surface area (Å²) in [5.74, 6) is 0.833. The zero-order chi connectivity index (χ0) is 16.1. The smallest absolute Gasteiger partial charge is 0.409 e. The quantitative estimate of drug-likeness (QED) is 0.918. The van der Waals surface area contributed by atoms with Crippen molar-refractivity contribution in [3.05, 3.63) is 18.1 Å². The summed E-state index contributed by atoms with van der Waals surface area (Å²) in [6.45, 7) is 4.47. The van der Waals surface area contributed by atoms with Crippen molar-refractivity contribution in [3.63, 3.8) is 0 Å². The second-order valence-electron chi connectivity index (χ2n) is 5.93. The van der Waals surface area contributed by atoms with Gasteiger partial charge in [-0.05, 0) is 32.6 Å². The Morgan fingerprint density at radius 3 is 2.91 bits per heavy atom. The number of ether oxygens (including phenoxy) is 2. The van der Waals surface area contributed by atoms with Gasteiger partial charge in [0.15, 0.2) is 0 Å². The first-order valence-corrected chi connectivity index (χ1v) is 8.38. The molecule has 2 fully saturated rings. The molecule has 1 atom stereocenters. The van der Waals surface area contributed by atoms with Crippen LogP contribution in [0.5, 0.6) is 0 Å². The molecule has 2 saturated heterocycles. The summed E-state index contributed by atoms with van der Waals surface area (Å²) in [4.78, 5) is 22.1. The summed E-state index contributed by atoms with van der Waals surface area (Å²) in [7, 11) is 0. The van der Waals surface area contributed by atoms with Crippen LogP contribution in [0, 0.1) is 0 Å². The Balaban J connectivity index is 1.52. The molecular formula is C16H24N4O3. The van der Waals surface area contributed by atoms with E-state index >= 15 is 0 Å². The van der Waals surface area contributed by atoms with Crippen LogP contribution in [-0.2, 0) is 9.47 Å². The maximum Gasteiger partial charge on any atom is 0.409 e. The molecule has 0 radical (unpaired) electrons. The Kier molecular flexibility index (Phi) is 5.27. The number of hydrogen-bond donors (Lipinski definition) is 1. The van der Waals surface area contributed by atoms with Gasteiger partial charge in [0.05, 0.1) is 18.4 Å². The highest BCUT2D eigenvalue weighted by Crippen LogP contribution is 2.28. The lowest BCUT2D eigenvalue weighted by Gasteiger charge is -2.31. The van der Waals surface area contributed by atoms with Crippen LogP contribution in [0.4, 0.5) is 10.6 Å². The van der Waals surface area contributed by atoms with E-state index in [9.17, 15) is 4.79 Å². The molecule has 1 N–H and O–H groups in total. The van der Waals surface area contributed by atoms with E-state index in [4.69, 9.17) is 9.47 Å². The fourth-order valence-corrected chi connectivity index (χ4v) is 3.07. The Bertz CT molecular complexity index is 526. The molecule has 2 aliphatic rings. The van der Waals surface area contributed by atoms with Gasteiger partial charge in [0.2, 0.25) is 0 Å². The summed E-state index contributed by atoms with van der Waals surface area (Å²) >= 11 is 0. The summed E-state index contributed by atoms with van der Waals surface area (Å²) in [5.41, 5.74) is 0.948. The number of rotatable bonds is 4. The van der Waals surface area contributed by atoms with Gasteiger partial charge >= 0.3 is 6.09 Å². The topological polar surface area (TPSA) is 76.6 Å². The van der Waals surface area contributed by atoms with Gasteiger partial charge in [-0.1, -0.05) is 0 Å². The molecule has 3 rings (SSSR count). The van der Waals surface area contributed by atoms with Crippen LogP contribution in [0.3, 0.4) is 0 Å². The van der Waals surface area contributed by atoms with Crippen molar-refractivity contribution in [1.82, 2.24) is 14.9 Å². The molecule has 23 heavy (non-hydrogen) atoms. The maximum atomic E-state index is 11.7. The number of carbonyl (C=O) groups excluding carboxylic acids is 1. The van der Waals surface area contributed by atoms with Crippen molar-refractivity contribution in [2.75, 3.05) is 31.6 Å². The predicted molar refractivity (Wildman–Crippen MR) is 85.2 cm³/mol. The Hall–Kier alpha value is -1.89. The summed E-state index contributed by atoms with van der Waals surface area (Å²) in [5, 5.41) is 3.45. The highest BCUT2D eigenvalue weighted by molar-refractivity contribution is 5.67. The molecule has 7 nitrogen and oxygen atoms in total. The van der Waals surface area contributed by atoms with E-state index in [0.29, 0.717) is 25.7 Å². The van der Waals surface area contributed by atoms with Crippen LogP contribution in [0.2, 0.25) is 0 Å². The standard InChI is InChI=1S/C16H24N4O3/c1-2-22-16(21)20-7-5-12(6-8-20)19-15-10-13(17-11-18-15)14-4-3-9-23-14/h10-12,14H,2-9H2,1H3,(H,17,18,19). The summed E-state index contributed by atoms with van der Waals surface area (Å²) < 4.78 is 10.7. The number of hydrogen-bond acceptors (Lipinski definition) is 6. The van der Waals surface area contributed by atoms with E-state index in [1.165, 1.54) is 0 Å². The molecule has 2 aliphatic heterocycles. The van der Waals surface area contributed by atoms with Crippen LogP contribution in [-0.4, -0.2) is 53.3 Å². The molecule has 0 spiro atoms. The molecule has 1 aromatic heterocycles. The van der Waals surface area contributed by atoms with Crippen molar-refractivity contribution >= 4 is 11.9 Å². The molecule has 7 heteroatoms. The Morgan fingerprint density at radius 2 is 2.22 bits per heavy atom. The van der Waals surface area contributed by atoms with Crippen LogP contribution in [0.1, 0.15) is 44.4 Å². The predicted octanol–water partition coefficient (Wildman–Crippen LogP) is 2.36. The van der Waals surface area contributed by atoms with Gasteiger partial charge in [0.1, 0.15) is 12.1 Å². The fraction of sp³-hybridized carbons (Fsp3) is 0.688. The molecule has 1 aromatic rings. The Labute approximate surface area is 136 Å². The number of likely N-dealkylation sites (tertiary alicyclic amines) is 1. The third-order valence-electron chi connectivity index (χ3n) is 4.32. The maximum absolute atomic E-state index is 11.7. The van der Waals surface area contributed by atoms with E-state index in [2.05, 4.69) is 15.3 Å². The SMILES string of the molecule is CCOC(=O)N1CCC(Nc2cc(C3CCCO3)ncn2)CC1. The number of carbonyl (C=O) groups is 1. The molecule has 0 saturated carbocycles. The molecular weight excluding hydrogens is 296 g/mol. The third-order valence-corrected chi connectivity index (χ3v) is 4.32. The minimum Gasteiger partial charge on any atom is -0.450 e. The number of nitrogens with one attached hydrogen (secondary N) is 1. The number of piperidine rings is 1. The number of aromatic nitrogens is 2. The average Bonchev–Trinajstić information content (AvgIpc) is 3.11. The van der Waals surface area contributed by atoms with E-state index in [1.54, 1.807) is 11.2 Å². The first-order valence-electron chi connectivity index (χ1n) is 8.38. The van der Waals surface area contributed by atoms with Gasteiger partial charge in [-0.2, -0.15) is 0 Å². The van der Waals surface area contributed by atoms with Crippen LogP contribution >= 0.6 is 0 Å². The first kappa shape index (κ1) is 16.0. The zero-order valence-corrected chi connectivity index (χ0v) is 13.5. The lowest BCUT2D eigenvalue weighted by molar-refractivity contribution is 0.0982. The van der Waals surface area contributed by atoms with E-state index in [1.807, 2.05) is 13.0 Å². The molecule has 1 amide bonds. The fourth-order valence-electron chi connectivity index (χ4n) is 3.07. The monoisotopic (exact) mass is 320 g/mol. The van der Waals surface area contributed by atoms with Gasteiger partial charge in [-0.25, -0.2) is 14.8 Å². The summed E-state index contributed by atoms with van der Waals surface area (Å²) in [6, 6.07) is 2.29. The normalized spacial score (nSPS) is 22.1. The molecule has 1 unspecified atom stereocenters. The van der Waals surface area contributed by atoms with Gasteiger partial charge in [-0.15, -0.1) is 0 Å². The zero-order valence-electron chi connectivity index (χ0n) is 13.5. The molecule has 0 aromatic carbocycles. The third kappa shape index (κ3) is 4.10. The van der Waals surface area contributed by atoms with Crippen LogP contribution in [0.25, 0.3) is 0 Å². The van der Waals surface area contributed by atoms with Gasteiger partial charge in [0, 0.05) is 31.8 Å². The number of anilines is 1. The van der Waals surface area contributed by atoms with Gasteiger partial charge in [0.25, 0.3) is 0 Å². The lowest BCUT2D eigenvalue weighted by atomic mass is 10.1. The van der Waals surface area contributed by atoms with Gasteiger partial charge < -0.3 is 19.7 Å². The highest BCUT2D eigenvalue weighted by atomic mass is 16.6. The second-order valence-corrected chi connectivity index (χ2v) is 5.93. The Morgan fingerprint density at radius 1 is 1.39 bits per heavy atom. The largest absolute Gasteiger partial charge is 0.450 e. The van der Waals surface area contributed by atoms with Crippen molar-refractivity contribution < 1.29 is 14.3 Å². The van der Waals surface area contributed by atoms with E-state index in [-0.39, 0.29) is 12.2 Å². The summed E-state index contributed by atoms with van der Waals surface area (Å²) in [6.07, 6.45) is 5.36. The lowest BCUT2D eigenvalue weighted by Crippen LogP contribution is -2.42. The van der Waals surface area contributed by atoms with Crippen LogP contribution < -0.4 is 5.32 Å². The molecule has 0 bridgehead atoms. The average molecular weight is 320 g/mol. The first-order chi connectivity index (χ1) is 11.3. The van der Waals surface area contributed by atoms with Crippen LogP contribution in [0.15, 0.2) is 12.4 Å². The van der Waals surface area contributed by atoms with Crippen molar-refractivity contribution in [1.29, 1.82) is 0 Å². The highest BCUT2D eigenvalue weighted by Gasteiger charge is 2.24. The van der Waals surface area contributed by atoms with E-state index < -0.39 is 0 Å². The van der Waals surface area contributed by atoms with Crippen molar-refractivity contribution in [2.45, 2.75) is 44.8 Å². The molecule has 3 heterocycles. The van der Waals surface area contributed by atoms with Gasteiger partial charge in [-0.3, -0.25) is 0 Å². The van der Waals surface area contributed by atoms with Crippen molar-refractivity contribution in [3.8, 4) is 0 Å². The molecule has 0 aliphatic carbocycles.